The third-order valence-electron chi connectivity index (χ3n) is 2.27. The average molecular weight is 216 g/mol. The van der Waals surface area contributed by atoms with E-state index in [0.717, 1.165) is 0 Å². The number of carboxylic acid groups (broad SMARTS) is 1. The van der Waals surface area contributed by atoms with Gasteiger partial charge in [0, 0.05) is 5.92 Å². The summed E-state index contributed by atoms with van der Waals surface area (Å²) in [4.78, 5) is 32.4. The maximum atomic E-state index is 10.9. The molecule has 84 valence electrons. The van der Waals surface area contributed by atoms with Crippen LogP contribution in [0.3, 0.4) is 0 Å². The summed E-state index contributed by atoms with van der Waals surface area (Å²) in [6, 6.07) is 0. The van der Waals surface area contributed by atoms with E-state index >= 15 is 0 Å². The smallest absolute Gasteiger partial charge is 0.309 e. The number of ether oxygens (including phenoxy) is 2. The summed E-state index contributed by atoms with van der Waals surface area (Å²) in [6.07, 6.45) is -0.872. The molecule has 2 unspecified atom stereocenters. The van der Waals surface area contributed by atoms with Crippen LogP contribution in [0.25, 0.3) is 0 Å². The molecule has 1 aliphatic heterocycles. The van der Waals surface area contributed by atoms with Crippen molar-refractivity contribution in [3.63, 3.8) is 0 Å². The molecule has 1 saturated heterocycles. The van der Waals surface area contributed by atoms with Gasteiger partial charge in [0.1, 0.15) is 6.10 Å². The second-order valence-corrected chi connectivity index (χ2v) is 3.37. The van der Waals surface area contributed by atoms with E-state index in [1.54, 1.807) is 0 Å². The fraction of sp³-hybridized carbons (Fsp3) is 0.667. The summed E-state index contributed by atoms with van der Waals surface area (Å²) in [5, 5.41) is 8.59. The SMILES string of the molecule is COC(=O)CC1OC(=O)CC1CC(=O)O. The van der Waals surface area contributed by atoms with Gasteiger partial charge in [-0.25, -0.2) is 0 Å². The first-order valence-corrected chi connectivity index (χ1v) is 4.51. The maximum absolute atomic E-state index is 10.9. The summed E-state index contributed by atoms with van der Waals surface area (Å²) >= 11 is 0. The zero-order valence-corrected chi connectivity index (χ0v) is 8.26. The van der Waals surface area contributed by atoms with Gasteiger partial charge < -0.3 is 14.6 Å². The molecule has 0 spiro atoms. The number of hydrogen-bond donors (Lipinski definition) is 1. The van der Waals surface area contributed by atoms with Crippen LogP contribution in [-0.4, -0.2) is 36.2 Å². The van der Waals surface area contributed by atoms with Gasteiger partial charge in [0.2, 0.25) is 0 Å². The quantitative estimate of drug-likeness (QED) is 0.663. The lowest BCUT2D eigenvalue weighted by atomic mass is 9.95. The van der Waals surface area contributed by atoms with Crippen LogP contribution in [0.4, 0.5) is 0 Å². The number of cyclic esters (lactones) is 1. The Kier molecular flexibility index (Phi) is 3.65. The van der Waals surface area contributed by atoms with Crippen LogP contribution in [0.2, 0.25) is 0 Å². The predicted molar refractivity (Wildman–Crippen MR) is 46.9 cm³/mol. The number of rotatable bonds is 4. The Morgan fingerprint density at radius 3 is 2.73 bits per heavy atom. The van der Waals surface area contributed by atoms with Crippen molar-refractivity contribution in [2.45, 2.75) is 25.4 Å². The molecule has 0 aromatic rings. The molecule has 1 heterocycles. The highest BCUT2D eigenvalue weighted by atomic mass is 16.6. The Morgan fingerprint density at radius 1 is 1.53 bits per heavy atom. The topological polar surface area (TPSA) is 89.9 Å². The van der Waals surface area contributed by atoms with Crippen LogP contribution in [0, 0.1) is 5.92 Å². The van der Waals surface area contributed by atoms with Gasteiger partial charge in [-0.05, 0) is 0 Å². The van der Waals surface area contributed by atoms with Gasteiger partial charge in [0.05, 0.1) is 26.4 Å². The molecule has 1 fully saturated rings. The van der Waals surface area contributed by atoms with Crippen LogP contribution in [0.1, 0.15) is 19.3 Å². The third-order valence-corrected chi connectivity index (χ3v) is 2.27. The van der Waals surface area contributed by atoms with E-state index < -0.39 is 29.9 Å². The summed E-state index contributed by atoms with van der Waals surface area (Å²) in [5.74, 6) is -2.41. The largest absolute Gasteiger partial charge is 0.481 e. The second kappa shape index (κ2) is 4.77. The number of carboxylic acids is 1. The minimum Gasteiger partial charge on any atom is -0.481 e. The van der Waals surface area contributed by atoms with Gasteiger partial charge in [-0.2, -0.15) is 0 Å². The number of esters is 2. The lowest BCUT2D eigenvalue weighted by molar-refractivity contribution is -0.149. The summed E-state index contributed by atoms with van der Waals surface area (Å²) in [6.45, 7) is 0. The molecule has 1 aliphatic rings. The molecular weight excluding hydrogens is 204 g/mol. The molecule has 2 atom stereocenters. The Labute approximate surface area is 86.2 Å². The van der Waals surface area contributed by atoms with E-state index in [0.29, 0.717) is 0 Å². The van der Waals surface area contributed by atoms with Crippen molar-refractivity contribution < 1.29 is 29.0 Å². The summed E-state index contributed by atoms with van der Waals surface area (Å²) in [5.41, 5.74) is 0. The van der Waals surface area contributed by atoms with Crippen molar-refractivity contribution >= 4 is 17.9 Å². The van der Waals surface area contributed by atoms with E-state index in [1.807, 2.05) is 0 Å². The van der Waals surface area contributed by atoms with E-state index in [9.17, 15) is 14.4 Å². The molecule has 0 aliphatic carbocycles. The highest BCUT2D eigenvalue weighted by Crippen LogP contribution is 2.27. The Bertz CT molecular complexity index is 284. The van der Waals surface area contributed by atoms with Gasteiger partial charge in [-0.1, -0.05) is 0 Å². The van der Waals surface area contributed by atoms with Crippen LogP contribution in [0.15, 0.2) is 0 Å². The van der Waals surface area contributed by atoms with E-state index in [1.165, 1.54) is 7.11 Å². The fourth-order valence-electron chi connectivity index (χ4n) is 1.54. The Hall–Kier alpha value is -1.59. The van der Waals surface area contributed by atoms with Crippen molar-refractivity contribution in [3.05, 3.63) is 0 Å². The summed E-state index contributed by atoms with van der Waals surface area (Å²) in [7, 11) is 1.23. The average Bonchev–Trinajstić information content (AvgIpc) is 2.45. The molecule has 0 aromatic heterocycles. The molecule has 6 heteroatoms. The molecular formula is C9H12O6. The highest BCUT2D eigenvalue weighted by Gasteiger charge is 2.37. The number of methoxy groups -OCH3 is 1. The predicted octanol–water partition coefficient (Wildman–Crippen LogP) is -0.0441. The number of carbonyl (C=O) groups excluding carboxylic acids is 2. The molecule has 1 rings (SSSR count). The second-order valence-electron chi connectivity index (χ2n) is 3.37. The molecule has 0 saturated carbocycles. The van der Waals surface area contributed by atoms with E-state index in [2.05, 4.69) is 4.74 Å². The molecule has 1 N–H and O–H groups in total. The lowest BCUT2D eigenvalue weighted by Gasteiger charge is -2.13. The summed E-state index contributed by atoms with van der Waals surface area (Å²) < 4.78 is 9.27. The van der Waals surface area contributed by atoms with E-state index in [-0.39, 0.29) is 19.3 Å². The maximum Gasteiger partial charge on any atom is 0.309 e. The van der Waals surface area contributed by atoms with Crippen LogP contribution >= 0.6 is 0 Å². The molecule has 0 radical (unpaired) electrons. The van der Waals surface area contributed by atoms with Crippen molar-refractivity contribution in [3.8, 4) is 0 Å². The Morgan fingerprint density at radius 2 is 2.20 bits per heavy atom. The van der Waals surface area contributed by atoms with Crippen molar-refractivity contribution in [2.24, 2.45) is 5.92 Å². The molecule has 0 bridgehead atoms. The molecule has 6 nitrogen and oxygen atoms in total. The van der Waals surface area contributed by atoms with Crippen molar-refractivity contribution in [1.82, 2.24) is 0 Å². The minimum absolute atomic E-state index is 0.0496. The number of hydrogen-bond acceptors (Lipinski definition) is 5. The Balaban J connectivity index is 2.56. The van der Waals surface area contributed by atoms with Gasteiger partial charge in [0.25, 0.3) is 0 Å². The molecule has 0 amide bonds. The zero-order chi connectivity index (χ0) is 11.4. The van der Waals surface area contributed by atoms with Gasteiger partial charge >= 0.3 is 17.9 Å². The first-order valence-electron chi connectivity index (χ1n) is 4.51. The molecule has 0 aromatic carbocycles. The first kappa shape index (κ1) is 11.5. The molecule has 15 heavy (non-hydrogen) atoms. The minimum atomic E-state index is -1.01. The normalized spacial score (nSPS) is 24.7. The highest BCUT2D eigenvalue weighted by molar-refractivity contribution is 5.77. The van der Waals surface area contributed by atoms with Gasteiger partial charge in [-0.3, -0.25) is 14.4 Å². The van der Waals surface area contributed by atoms with Crippen LogP contribution in [0.5, 0.6) is 0 Å². The standard InChI is InChI=1S/C9H12O6/c1-14-8(12)4-6-5(2-7(10)11)3-9(13)15-6/h5-6H,2-4H2,1H3,(H,10,11). The van der Waals surface area contributed by atoms with Crippen LogP contribution in [-0.2, 0) is 23.9 Å². The first-order chi connectivity index (χ1) is 7.02. The van der Waals surface area contributed by atoms with Crippen molar-refractivity contribution in [1.29, 1.82) is 0 Å². The van der Waals surface area contributed by atoms with Crippen molar-refractivity contribution in [2.75, 3.05) is 7.11 Å². The van der Waals surface area contributed by atoms with E-state index in [4.69, 9.17) is 9.84 Å². The number of carbonyl (C=O) groups is 3. The third kappa shape index (κ3) is 3.23. The van der Waals surface area contributed by atoms with Crippen LogP contribution < -0.4 is 0 Å². The zero-order valence-electron chi connectivity index (χ0n) is 8.26. The monoisotopic (exact) mass is 216 g/mol. The van der Waals surface area contributed by atoms with Gasteiger partial charge in [-0.15, -0.1) is 0 Å². The van der Waals surface area contributed by atoms with Gasteiger partial charge in [0.15, 0.2) is 0 Å². The fourth-order valence-corrected chi connectivity index (χ4v) is 1.54. The lowest BCUT2D eigenvalue weighted by Crippen LogP contribution is -2.23. The number of aliphatic carboxylic acids is 1.